The number of nitrogens with zero attached hydrogens (tertiary/aromatic N) is 1. The van der Waals surface area contributed by atoms with E-state index in [9.17, 15) is 10.1 Å². The minimum absolute atomic E-state index is 0.0953. The second-order valence-electron chi connectivity index (χ2n) is 3.70. The predicted molar refractivity (Wildman–Crippen MR) is 75.4 cm³/mol. The lowest BCUT2D eigenvalue weighted by Crippen LogP contribution is -1.97. The summed E-state index contributed by atoms with van der Waals surface area (Å²) in [6.07, 6.45) is 1.57. The van der Waals surface area contributed by atoms with Crippen LogP contribution in [0.25, 0.3) is 11.8 Å². The zero-order valence-corrected chi connectivity index (χ0v) is 11.0. The lowest BCUT2D eigenvalue weighted by Gasteiger charge is -1.99. The quantitative estimate of drug-likeness (QED) is 0.484. The highest BCUT2D eigenvalue weighted by Gasteiger charge is 2.13. The van der Waals surface area contributed by atoms with Gasteiger partial charge in [-0.3, -0.25) is 10.1 Å². The summed E-state index contributed by atoms with van der Waals surface area (Å²) in [7, 11) is 0. The summed E-state index contributed by atoms with van der Waals surface area (Å²) in [4.78, 5) is 10.7. The molecule has 18 heavy (non-hydrogen) atoms. The van der Waals surface area contributed by atoms with Crippen molar-refractivity contribution in [2.24, 2.45) is 0 Å². The fraction of sp³-hybridized carbons (Fsp3) is 0. The molecule has 0 saturated heterocycles. The number of nitro groups is 1. The molecule has 2 aromatic rings. The highest BCUT2D eigenvalue weighted by Crippen LogP contribution is 2.19. The molecule has 0 aliphatic carbocycles. The zero-order valence-electron chi connectivity index (χ0n) is 9.42. The Balaban J connectivity index is 2.43. The minimum Gasteiger partial charge on any atom is -0.258 e. The van der Waals surface area contributed by atoms with Gasteiger partial charge in [-0.15, -0.1) is 0 Å². The molecule has 0 N–H and O–H groups in total. The summed E-state index contributed by atoms with van der Waals surface area (Å²) < 4.78 is 0.946. The highest BCUT2D eigenvalue weighted by atomic mass is 79.9. The van der Waals surface area contributed by atoms with Crippen molar-refractivity contribution < 1.29 is 4.92 Å². The molecule has 4 heteroatoms. The van der Waals surface area contributed by atoms with E-state index >= 15 is 0 Å². The molecule has 0 amide bonds. The first-order chi connectivity index (χ1) is 8.66. The van der Waals surface area contributed by atoms with Crippen LogP contribution in [0.4, 0.5) is 0 Å². The van der Waals surface area contributed by atoms with E-state index < -0.39 is 0 Å². The van der Waals surface area contributed by atoms with Crippen LogP contribution in [0.3, 0.4) is 0 Å². The van der Waals surface area contributed by atoms with Gasteiger partial charge < -0.3 is 0 Å². The monoisotopic (exact) mass is 303 g/mol. The van der Waals surface area contributed by atoms with Crippen LogP contribution in [-0.4, -0.2) is 4.92 Å². The lowest BCUT2D eigenvalue weighted by atomic mass is 10.1. The molecule has 0 radical (unpaired) electrons. The first-order valence-corrected chi connectivity index (χ1v) is 6.13. The van der Waals surface area contributed by atoms with Crippen molar-refractivity contribution in [2.75, 3.05) is 0 Å². The van der Waals surface area contributed by atoms with Gasteiger partial charge in [0.2, 0.25) is 0 Å². The molecular weight excluding hydrogens is 294 g/mol. The molecule has 0 saturated carbocycles. The Hall–Kier alpha value is -1.94. The Labute approximate surface area is 113 Å². The van der Waals surface area contributed by atoms with E-state index in [4.69, 9.17) is 0 Å². The van der Waals surface area contributed by atoms with Crippen LogP contribution in [0.2, 0.25) is 0 Å². The van der Waals surface area contributed by atoms with Crippen molar-refractivity contribution in [2.45, 2.75) is 0 Å². The van der Waals surface area contributed by atoms with Crippen LogP contribution in [0.1, 0.15) is 11.1 Å². The first-order valence-electron chi connectivity index (χ1n) is 5.34. The summed E-state index contributed by atoms with van der Waals surface area (Å²) in [5.41, 5.74) is 1.50. The molecular formula is C14H10BrNO2. The number of halogens is 1. The number of rotatable bonds is 3. The topological polar surface area (TPSA) is 43.1 Å². The van der Waals surface area contributed by atoms with E-state index in [1.54, 1.807) is 30.3 Å². The Bertz CT molecular complexity index is 577. The smallest absolute Gasteiger partial charge is 0.258 e. The third-order valence-electron chi connectivity index (χ3n) is 2.44. The molecule has 0 atom stereocenters. The fourth-order valence-corrected chi connectivity index (χ4v) is 1.83. The average Bonchev–Trinajstić information content (AvgIpc) is 2.38. The lowest BCUT2D eigenvalue weighted by molar-refractivity contribution is -0.374. The van der Waals surface area contributed by atoms with Crippen molar-refractivity contribution in [3.8, 4) is 0 Å². The molecule has 2 rings (SSSR count). The van der Waals surface area contributed by atoms with Crippen LogP contribution in [0.15, 0.2) is 59.1 Å². The maximum absolute atomic E-state index is 11.1. The van der Waals surface area contributed by atoms with Gasteiger partial charge >= 0.3 is 0 Å². The second kappa shape index (κ2) is 5.60. The third-order valence-corrected chi connectivity index (χ3v) is 2.97. The van der Waals surface area contributed by atoms with Gasteiger partial charge in [0.1, 0.15) is 0 Å². The molecule has 90 valence electrons. The zero-order chi connectivity index (χ0) is 13.0. The van der Waals surface area contributed by atoms with E-state index in [1.165, 1.54) is 0 Å². The van der Waals surface area contributed by atoms with Crippen LogP contribution in [0.5, 0.6) is 0 Å². The molecule has 0 bridgehead atoms. The number of hydrogen-bond donors (Lipinski definition) is 0. The molecule has 0 spiro atoms. The van der Waals surface area contributed by atoms with Crippen LogP contribution in [-0.2, 0) is 0 Å². The highest BCUT2D eigenvalue weighted by molar-refractivity contribution is 9.10. The van der Waals surface area contributed by atoms with Gasteiger partial charge in [-0.2, -0.15) is 0 Å². The van der Waals surface area contributed by atoms with Gasteiger partial charge in [0, 0.05) is 10.5 Å². The van der Waals surface area contributed by atoms with Crippen molar-refractivity contribution in [1.29, 1.82) is 0 Å². The largest absolute Gasteiger partial charge is 0.277 e. The number of hydrogen-bond acceptors (Lipinski definition) is 2. The van der Waals surface area contributed by atoms with Crippen molar-refractivity contribution in [3.05, 3.63) is 80.3 Å². The minimum atomic E-state index is -0.364. The molecule has 2 aromatic carbocycles. The average molecular weight is 304 g/mol. The molecule has 0 unspecified atom stereocenters. The van der Waals surface area contributed by atoms with Crippen molar-refractivity contribution in [3.63, 3.8) is 0 Å². The van der Waals surface area contributed by atoms with E-state index in [0.29, 0.717) is 5.56 Å². The molecule has 0 heterocycles. The van der Waals surface area contributed by atoms with Crippen LogP contribution >= 0.6 is 15.9 Å². The van der Waals surface area contributed by atoms with Gasteiger partial charge in [-0.25, -0.2) is 0 Å². The Morgan fingerprint density at radius 3 is 2.22 bits per heavy atom. The maximum atomic E-state index is 11.1. The second-order valence-corrected chi connectivity index (χ2v) is 4.62. The SMILES string of the molecule is O=[N+]([O-])/C(=C/c1ccc(Br)cc1)c1ccccc1. The van der Waals surface area contributed by atoms with E-state index in [-0.39, 0.29) is 10.6 Å². The maximum Gasteiger partial charge on any atom is 0.277 e. The van der Waals surface area contributed by atoms with Gasteiger partial charge in [0.05, 0.1) is 10.5 Å². The molecule has 0 aliphatic heterocycles. The van der Waals surface area contributed by atoms with E-state index in [1.807, 2.05) is 30.3 Å². The van der Waals surface area contributed by atoms with Gasteiger partial charge in [-0.05, 0) is 29.8 Å². The Kier molecular flexibility index (Phi) is 3.89. The summed E-state index contributed by atoms with van der Waals surface area (Å²) in [6, 6.07) is 16.2. The summed E-state index contributed by atoms with van der Waals surface area (Å²) >= 11 is 3.33. The summed E-state index contributed by atoms with van der Waals surface area (Å²) in [5.74, 6) is 0. The van der Waals surface area contributed by atoms with Gasteiger partial charge in [0.15, 0.2) is 0 Å². The van der Waals surface area contributed by atoms with Gasteiger partial charge in [-0.1, -0.05) is 46.3 Å². The molecule has 3 nitrogen and oxygen atoms in total. The molecule has 0 aliphatic rings. The van der Waals surface area contributed by atoms with Crippen molar-refractivity contribution in [1.82, 2.24) is 0 Å². The van der Waals surface area contributed by atoms with Gasteiger partial charge in [0.25, 0.3) is 5.70 Å². The predicted octanol–water partition coefficient (Wildman–Crippen LogP) is 4.22. The fourth-order valence-electron chi connectivity index (χ4n) is 1.57. The third kappa shape index (κ3) is 3.05. The standard InChI is InChI=1S/C14H10BrNO2/c15-13-8-6-11(7-9-13)10-14(16(17)18)12-4-2-1-3-5-12/h1-10H/b14-10+. The van der Waals surface area contributed by atoms with E-state index in [2.05, 4.69) is 15.9 Å². The normalized spacial score (nSPS) is 11.3. The summed E-state index contributed by atoms with van der Waals surface area (Å²) in [6.45, 7) is 0. The molecule has 0 fully saturated rings. The first kappa shape index (κ1) is 12.5. The van der Waals surface area contributed by atoms with Crippen molar-refractivity contribution >= 4 is 27.7 Å². The van der Waals surface area contributed by atoms with E-state index in [0.717, 1.165) is 10.0 Å². The molecule has 0 aromatic heterocycles. The Morgan fingerprint density at radius 1 is 1.06 bits per heavy atom. The summed E-state index contributed by atoms with van der Waals surface area (Å²) in [5, 5.41) is 11.1. The number of benzene rings is 2. The van der Waals surface area contributed by atoms with Crippen LogP contribution in [0, 0.1) is 10.1 Å². The Morgan fingerprint density at radius 2 is 1.67 bits per heavy atom. The van der Waals surface area contributed by atoms with Crippen LogP contribution < -0.4 is 0 Å².